The average molecular weight is 446 g/mol. The third kappa shape index (κ3) is 5.03. The van der Waals surface area contributed by atoms with Crippen LogP contribution < -0.4 is 10.4 Å². The molecule has 0 aliphatic heterocycles. The van der Waals surface area contributed by atoms with E-state index in [2.05, 4.69) is 18.8 Å². The second-order valence-corrected chi connectivity index (χ2v) is 8.59. The van der Waals surface area contributed by atoms with Gasteiger partial charge in [0.25, 0.3) is 0 Å². The molecule has 4 aromatic rings. The summed E-state index contributed by atoms with van der Waals surface area (Å²) in [6.07, 6.45) is 1.72. The first kappa shape index (κ1) is 21.7. The van der Waals surface area contributed by atoms with Crippen molar-refractivity contribution in [3.05, 3.63) is 101 Å². The molecule has 0 unspecified atom stereocenters. The zero-order valence-electron chi connectivity index (χ0n) is 17.8. The first-order chi connectivity index (χ1) is 15.5. The number of rotatable bonds is 7. The van der Waals surface area contributed by atoms with Crippen LogP contribution >= 0.6 is 11.8 Å². The molecule has 2 aromatic heterocycles. The number of pyridine rings is 1. The van der Waals surface area contributed by atoms with Gasteiger partial charge in [-0.3, -0.25) is 4.98 Å². The summed E-state index contributed by atoms with van der Waals surface area (Å²) in [6.45, 7) is 4.54. The molecule has 162 valence electrons. The fourth-order valence-corrected chi connectivity index (χ4v) is 4.30. The molecular formula is C26H23NO4S. The molecule has 0 radical (unpaired) electrons. The lowest BCUT2D eigenvalue weighted by Gasteiger charge is -2.12. The molecule has 4 rings (SSSR count). The molecule has 1 N–H and O–H groups in total. The van der Waals surface area contributed by atoms with E-state index in [-0.39, 0.29) is 10.6 Å². The first-order valence-corrected chi connectivity index (χ1v) is 11.1. The van der Waals surface area contributed by atoms with Crippen LogP contribution in [0.5, 0.6) is 11.5 Å². The Hall–Kier alpha value is -3.51. The largest absolute Gasteiger partial charge is 0.506 e. The molecule has 0 aliphatic carbocycles. The Morgan fingerprint density at radius 3 is 2.47 bits per heavy atom. The van der Waals surface area contributed by atoms with Gasteiger partial charge in [0.15, 0.2) is 0 Å². The van der Waals surface area contributed by atoms with Crippen LogP contribution in [0.2, 0.25) is 0 Å². The first-order valence-electron chi connectivity index (χ1n) is 10.3. The van der Waals surface area contributed by atoms with Crippen LogP contribution in [0.25, 0.3) is 11.3 Å². The predicted molar refractivity (Wildman–Crippen MR) is 125 cm³/mol. The number of ether oxygens (including phenoxy) is 1. The fourth-order valence-electron chi connectivity index (χ4n) is 3.22. The van der Waals surface area contributed by atoms with E-state index in [1.807, 2.05) is 42.5 Å². The van der Waals surface area contributed by atoms with Crippen molar-refractivity contribution in [3.63, 3.8) is 0 Å². The van der Waals surface area contributed by atoms with E-state index >= 15 is 0 Å². The summed E-state index contributed by atoms with van der Waals surface area (Å²) in [5, 5.41) is 10.6. The van der Waals surface area contributed by atoms with Crippen LogP contribution in [0.4, 0.5) is 0 Å². The van der Waals surface area contributed by atoms with E-state index in [1.54, 1.807) is 30.5 Å². The number of hydrogen-bond donors (Lipinski definition) is 1. The maximum atomic E-state index is 12.7. The highest BCUT2D eigenvalue weighted by Gasteiger charge is 2.16. The third-order valence-electron chi connectivity index (χ3n) is 4.89. The minimum absolute atomic E-state index is 0.102. The van der Waals surface area contributed by atoms with Gasteiger partial charge in [0, 0.05) is 22.7 Å². The standard InChI is InChI=1S/C26H23NO4S/c1-17(2)21-8-3-4-9-24(21)32-25-22(28)15-23(31-26(25)29)18-10-12-20(13-11-18)30-16-19-7-5-6-14-27-19/h3-15,17,28H,16H2,1-2H3. The van der Waals surface area contributed by atoms with Gasteiger partial charge < -0.3 is 14.3 Å². The van der Waals surface area contributed by atoms with Gasteiger partial charge in [-0.15, -0.1) is 0 Å². The van der Waals surface area contributed by atoms with Crippen LogP contribution in [0.3, 0.4) is 0 Å². The Balaban J connectivity index is 1.52. The van der Waals surface area contributed by atoms with Gasteiger partial charge in [-0.1, -0.05) is 49.9 Å². The number of aromatic nitrogens is 1. The Kier molecular flexibility index (Phi) is 6.61. The van der Waals surface area contributed by atoms with Crippen molar-refractivity contribution in [2.45, 2.75) is 36.2 Å². The van der Waals surface area contributed by atoms with Crippen molar-refractivity contribution in [1.82, 2.24) is 4.98 Å². The van der Waals surface area contributed by atoms with Gasteiger partial charge in [-0.25, -0.2) is 4.79 Å². The van der Waals surface area contributed by atoms with E-state index in [1.165, 1.54) is 17.8 Å². The van der Waals surface area contributed by atoms with Crippen molar-refractivity contribution < 1.29 is 14.3 Å². The third-order valence-corrected chi connectivity index (χ3v) is 6.06. The highest BCUT2D eigenvalue weighted by atomic mass is 32.2. The van der Waals surface area contributed by atoms with E-state index in [0.717, 1.165) is 16.2 Å². The second-order valence-electron chi connectivity index (χ2n) is 7.54. The van der Waals surface area contributed by atoms with Crippen molar-refractivity contribution >= 4 is 11.8 Å². The van der Waals surface area contributed by atoms with E-state index < -0.39 is 5.63 Å². The van der Waals surface area contributed by atoms with Crippen molar-refractivity contribution in [2.75, 3.05) is 0 Å². The molecular weight excluding hydrogens is 422 g/mol. The second kappa shape index (κ2) is 9.75. The van der Waals surface area contributed by atoms with Crippen LogP contribution in [0.1, 0.15) is 31.0 Å². The average Bonchev–Trinajstić information content (AvgIpc) is 2.81. The minimum atomic E-state index is -0.570. The smallest absolute Gasteiger partial charge is 0.354 e. The van der Waals surface area contributed by atoms with E-state index in [9.17, 15) is 9.90 Å². The molecule has 0 saturated carbocycles. The number of aromatic hydroxyl groups is 1. The highest BCUT2D eigenvalue weighted by Crippen LogP contribution is 2.37. The molecule has 0 bridgehead atoms. The molecule has 6 heteroatoms. The highest BCUT2D eigenvalue weighted by molar-refractivity contribution is 7.99. The molecule has 0 aliphatic rings. The molecule has 0 fully saturated rings. The van der Waals surface area contributed by atoms with Crippen LogP contribution in [-0.4, -0.2) is 10.1 Å². The van der Waals surface area contributed by atoms with Gasteiger partial charge in [0.2, 0.25) is 0 Å². The summed E-state index contributed by atoms with van der Waals surface area (Å²) in [6, 6.07) is 22.1. The van der Waals surface area contributed by atoms with Crippen LogP contribution in [0, 0.1) is 0 Å². The van der Waals surface area contributed by atoms with Gasteiger partial charge in [0.1, 0.15) is 28.8 Å². The quantitative estimate of drug-likeness (QED) is 0.362. The molecule has 0 spiro atoms. The number of nitrogens with zero attached hydrogens (tertiary/aromatic N) is 1. The minimum Gasteiger partial charge on any atom is -0.506 e. The lowest BCUT2D eigenvalue weighted by molar-refractivity contribution is 0.301. The normalized spacial score (nSPS) is 11.0. The van der Waals surface area contributed by atoms with Gasteiger partial charge >= 0.3 is 5.63 Å². The number of benzene rings is 2. The van der Waals surface area contributed by atoms with Crippen molar-refractivity contribution in [1.29, 1.82) is 0 Å². The molecule has 2 heterocycles. The van der Waals surface area contributed by atoms with Gasteiger partial charge in [-0.05, 0) is 53.9 Å². The van der Waals surface area contributed by atoms with Gasteiger partial charge in [0.05, 0.1) is 5.69 Å². The Labute approximate surface area is 190 Å². The van der Waals surface area contributed by atoms with Crippen LogP contribution in [0.15, 0.2) is 98.0 Å². The molecule has 2 aromatic carbocycles. The lowest BCUT2D eigenvalue weighted by Crippen LogP contribution is -2.03. The predicted octanol–water partition coefficient (Wildman–Crippen LogP) is 6.26. The van der Waals surface area contributed by atoms with Crippen molar-refractivity contribution in [2.24, 2.45) is 0 Å². The number of hydrogen-bond acceptors (Lipinski definition) is 6. The summed E-state index contributed by atoms with van der Waals surface area (Å²) in [7, 11) is 0. The Morgan fingerprint density at radius 1 is 1.03 bits per heavy atom. The zero-order chi connectivity index (χ0) is 22.5. The van der Waals surface area contributed by atoms with Crippen molar-refractivity contribution in [3.8, 4) is 22.8 Å². The fraction of sp³-hybridized carbons (Fsp3) is 0.154. The molecule has 5 nitrogen and oxygen atoms in total. The maximum absolute atomic E-state index is 12.7. The van der Waals surface area contributed by atoms with Crippen LogP contribution in [-0.2, 0) is 6.61 Å². The topological polar surface area (TPSA) is 72.6 Å². The summed E-state index contributed by atoms with van der Waals surface area (Å²) < 4.78 is 11.3. The summed E-state index contributed by atoms with van der Waals surface area (Å²) >= 11 is 1.22. The van der Waals surface area contributed by atoms with E-state index in [4.69, 9.17) is 9.15 Å². The zero-order valence-corrected chi connectivity index (χ0v) is 18.6. The summed E-state index contributed by atoms with van der Waals surface area (Å²) in [5.41, 5.74) is 2.04. The Morgan fingerprint density at radius 2 is 1.78 bits per heavy atom. The Bertz CT molecular complexity index is 1250. The SMILES string of the molecule is CC(C)c1ccccc1Sc1c(O)cc(-c2ccc(OCc3ccccn3)cc2)oc1=O. The molecule has 32 heavy (non-hydrogen) atoms. The lowest BCUT2D eigenvalue weighted by atomic mass is 10.0. The summed E-state index contributed by atoms with van der Waals surface area (Å²) in [5.74, 6) is 1.16. The molecule has 0 amide bonds. The molecule has 0 atom stereocenters. The maximum Gasteiger partial charge on any atom is 0.354 e. The molecule has 0 saturated heterocycles. The monoisotopic (exact) mass is 445 g/mol. The van der Waals surface area contributed by atoms with Gasteiger partial charge in [-0.2, -0.15) is 0 Å². The van der Waals surface area contributed by atoms with E-state index in [0.29, 0.717) is 29.6 Å². The summed E-state index contributed by atoms with van der Waals surface area (Å²) in [4.78, 5) is 18.0.